The van der Waals surface area contributed by atoms with E-state index in [0.29, 0.717) is 0 Å². The minimum atomic E-state index is 0.896. The summed E-state index contributed by atoms with van der Waals surface area (Å²) in [6.07, 6.45) is 4.99. The molecule has 0 unspecified atom stereocenters. The zero-order valence-electron chi connectivity index (χ0n) is 16.6. The fourth-order valence-corrected chi connectivity index (χ4v) is 3.58. The summed E-state index contributed by atoms with van der Waals surface area (Å²) in [5, 5.41) is 4.66. The van der Waals surface area contributed by atoms with Gasteiger partial charge >= 0.3 is 0 Å². The van der Waals surface area contributed by atoms with E-state index in [-0.39, 0.29) is 0 Å². The van der Waals surface area contributed by atoms with Gasteiger partial charge in [0.1, 0.15) is 0 Å². The first-order valence-corrected chi connectivity index (χ1v) is 9.66. The van der Waals surface area contributed by atoms with E-state index in [0.717, 1.165) is 72.0 Å². The van der Waals surface area contributed by atoms with Crippen LogP contribution in [0.2, 0.25) is 0 Å². The van der Waals surface area contributed by atoms with E-state index >= 15 is 0 Å². The molecule has 3 heterocycles. The van der Waals surface area contributed by atoms with Gasteiger partial charge in [-0.25, -0.2) is 4.98 Å². The smallest absolute Gasteiger partial charge is 0.164 e. The monoisotopic (exact) mass is 351 g/mol. The lowest BCUT2D eigenvalue weighted by molar-refractivity contribution is 0.714. The lowest BCUT2D eigenvalue weighted by atomic mass is 10.1. The highest BCUT2D eigenvalue weighted by Crippen LogP contribution is 2.30. The quantitative estimate of drug-likeness (QED) is 0.624. The average molecular weight is 351 g/mol. The maximum Gasteiger partial charge on any atom is 0.164 e. The second-order valence-electron chi connectivity index (χ2n) is 6.79. The minimum absolute atomic E-state index is 0.896. The molecule has 3 aromatic heterocycles. The van der Waals surface area contributed by atoms with Crippen LogP contribution in [0.15, 0.2) is 24.4 Å². The normalized spacial score (nSPS) is 11.3. The third-order valence-electron chi connectivity index (χ3n) is 4.70. The van der Waals surface area contributed by atoms with Crippen molar-refractivity contribution >= 4 is 11.5 Å². The van der Waals surface area contributed by atoms with Gasteiger partial charge in [0, 0.05) is 41.8 Å². The molecular formula is C21H29N5. The molecule has 0 amide bonds. The maximum atomic E-state index is 4.99. The van der Waals surface area contributed by atoms with Crippen molar-refractivity contribution in [3.8, 4) is 11.1 Å². The molecule has 0 aliphatic carbocycles. The van der Waals surface area contributed by atoms with Crippen LogP contribution in [0.5, 0.6) is 0 Å². The van der Waals surface area contributed by atoms with Crippen molar-refractivity contribution in [2.24, 2.45) is 0 Å². The van der Waals surface area contributed by atoms with Crippen LogP contribution in [0, 0.1) is 13.8 Å². The molecule has 5 nitrogen and oxygen atoms in total. The number of rotatable bonds is 7. The molecule has 0 atom stereocenters. The van der Waals surface area contributed by atoms with E-state index in [9.17, 15) is 0 Å². The zero-order chi connectivity index (χ0) is 18.7. The fraction of sp³-hybridized carbons (Fsp3) is 0.476. The molecule has 26 heavy (non-hydrogen) atoms. The summed E-state index contributed by atoms with van der Waals surface area (Å²) in [5.74, 6) is 1.14. The summed E-state index contributed by atoms with van der Waals surface area (Å²) in [7, 11) is 0. The van der Waals surface area contributed by atoms with Gasteiger partial charge < -0.3 is 4.90 Å². The van der Waals surface area contributed by atoms with E-state index in [4.69, 9.17) is 4.98 Å². The summed E-state index contributed by atoms with van der Waals surface area (Å²) >= 11 is 0. The largest absolute Gasteiger partial charge is 0.355 e. The number of nitrogens with zero attached hydrogens (tertiary/aromatic N) is 5. The third kappa shape index (κ3) is 3.30. The first kappa shape index (κ1) is 18.4. The predicted molar refractivity (Wildman–Crippen MR) is 108 cm³/mol. The van der Waals surface area contributed by atoms with Crippen molar-refractivity contribution in [3.63, 3.8) is 0 Å². The Balaban J connectivity index is 2.23. The fourth-order valence-electron chi connectivity index (χ4n) is 3.58. The van der Waals surface area contributed by atoms with E-state index in [1.54, 1.807) is 0 Å². The molecular weight excluding hydrogens is 322 g/mol. The molecule has 3 rings (SSSR count). The van der Waals surface area contributed by atoms with Gasteiger partial charge in [-0.15, -0.1) is 0 Å². The van der Waals surface area contributed by atoms with Gasteiger partial charge in [-0.2, -0.15) is 9.61 Å². The van der Waals surface area contributed by atoms with Gasteiger partial charge in [0.05, 0.1) is 5.69 Å². The summed E-state index contributed by atoms with van der Waals surface area (Å²) in [5.41, 5.74) is 6.32. The average Bonchev–Trinajstić information content (AvgIpc) is 3.00. The van der Waals surface area contributed by atoms with E-state index < -0.39 is 0 Å². The predicted octanol–water partition coefficient (Wildman–Crippen LogP) is 4.60. The van der Waals surface area contributed by atoms with E-state index in [1.807, 2.05) is 17.6 Å². The maximum absolute atomic E-state index is 4.99. The molecule has 0 bridgehead atoms. The van der Waals surface area contributed by atoms with Crippen LogP contribution >= 0.6 is 0 Å². The second kappa shape index (κ2) is 7.85. The number of hydrogen-bond donors (Lipinski definition) is 0. The molecule has 5 heteroatoms. The first-order valence-electron chi connectivity index (χ1n) is 9.66. The minimum Gasteiger partial charge on any atom is -0.355 e. The lowest BCUT2D eigenvalue weighted by Gasteiger charge is -2.23. The Kier molecular flexibility index (Phi) is 5.55. The molecule has 0 N–H and O–H groups in total. The third-order valence-corrected chi connectivity index (χ3v) is 4.70. The lowest BCUT2D eigenvalue weighted by Crippen LogP contribution is -2.27. The Morgan fingerprint density at radius 3 is 2.27 bits per heavy atom. The van der Waals surface area contributed by atoms with Crippen molar-refractivity contribution in [1.29, 1.82) is 0 Å². The van der Waals surface area contributed by atoms with Crippen molar-refractivity contribution < 1.29 is 0 Å². The van der Waals surface area contributed by atoms with Crippen molar-refractivity contribution in [2.45, 2.75) is 53.9 Å². The SMILES string of the molecule is CCCN(CCC)c1c(CC)nc2c(-c3ccc(C)nc3C)ccnn12. The van der Waals surface area contributed by atoms with Crippen LogP contribution in [0.1, 0.15) is 50.7 Å². The molecule has 0 saturated carbocycles. The number of hydrogen-bond acceptors (Lipinski definition) is 4. The standard InChI is InChI=1S/C21H29N5/c1-6-13-25(14-7-2)21-19(8-3)24-20-18(11-12-22-26(20)21)17-10-9-15(4)23-16(17)5/h9-12H,6-8,13-14H2,1-5H3. The molecule has 0 fully saturated rings. The number of imidazole rings is 1. The Morgan fingerprint density at radius 2 is 1.65 bits per heavy atom. The molecule has 0 aliphatic heterocycles. The summed E-state index contributed by atoms with van der Waals surface area (Å²) in [6, 6.07) is 6.25. The number of fused-ring (bicyclic) bond motifs is 1. The number of aromatic nitrogens is 4. The molecule has 0 aliphatic rings. The van der Waals surface area contributed by atoms with Gasteiger partial charge in [-0.05, 0) is 45.2 Å². The Bertz CT molecular complexity index is 891. The van der Waals surface area contributed by atoms with Crippen molar-refractivity contribution in [3.05, 3.63) is 41.5 Å². The molecule has 3 aromatic rings. The molecule has 0 spiro atoms. The van der Waals surface area contributed by atoms with Gasteiger partial charge in [0.25, 0.3) is 0 Å². The molecule has 0 radical (unpaired) electrons. The Morgan fingerprint density at radius 1 is 0.923 bits per heavy atom. The highest BCUT2D eigenvalue weighted by molar-refractivity contribution is 5.80. The van der Waals surface area contributed by atoms with Crippen molar-refractivity contribution in [1.82, 2.24) is 19.6 Å². The van der Waals surface area contributed by atoms with Crippen LogP contribution in [0.3, 0.4) is 0 Å². The molecule has 0 aromatic carbocycles. The number of pyridine rings is 1. The number of anilines is 1. The number of aryl methyl sites for hydroxylation is 3. The van der Waals surface area contributed by atoms with Gasteiger partial charge in [-0.1, -0.05) is 26.8 Å². The van der Waals surface area contributed by atoms with Crippen molar-refractivity contribution in [2.75, 3.05) is 18.0 Å². The van der Waals surface area contributed by atoms with Gasteiger partial charge in [-0.3, -0.25) is 4.98 Å². The Labute approximate surface area is 156 Å². The van der Waals surface area contributed by atoms with Crippen LogP contribution < -0.4 is 4.90 Å². The van der Waals surface area contributed by atoms with E-state index in [2.05, 4.69) is 60.9 Å². The first-order chi connectivity index (χ1) is 12.6. The molecule has 0 saturated heterocycles. The van der Waals surface area contributed by atoms with E-state index in [1.165, 1.54) is 0 Å². The van der Waals surface area contributed by atoms with Crippen LogP contribution in [0.25, 0.3) is 16.8 Å². The summed E-state index contributed by atoms with van der Waals surface area (Å²) in [4.78, 5) is 12.0. The van der Waals surface area contributed by atoms with Crippen LogP contribution in [0.4, 0.5) is 5.82 Å². The summed E-state index contributed by atoms with van der Waals surface area (Å²) < 4.78 is 2.03. The second-order valence-corrected chi connectivity index (χ2v) is 6.79. The zero-order valence-corrected chi connectivity index (χ0v) is 16.6. The van der Waals surface area contributed by atoms with Gasteiger partial charge in [0.2, 0.25) is 0 Å². The topological polar surface area (TPSA) is 46.3 Å². The van der Waals surface area contributed by atoms with Crippen LogP contribution in [-0.4, -0.2) is 32.7 Å². The van der Waals surface area contributed by atoms with Crippen LogP contribution in [-0.2, 0) is 6.42 Å². The Hall–Kier alpha value is -2.43. The highest BCUT2D eigenvalue weighted by Gasteiger charge is 2.20. The van der Waals surface area contributed by atoms with Gasteiger partial charge in [0.15, 0.2) is 11.5 Å². The summed E-state index contributed by atoms with van der Waals surface area (Å²) in [6.45, 7) is 12.7. The highest BCUT2D eigenvalue weighted by atomic mass is 15.4. The molecule has 138 valence electrons.